The highest BCUT2D eigenvalue weighted by Crippen LogP contribution is 2.18. The molecule has 0 aliphatic carbocycles. The minimum atomic E-state index is -0.858. The summed E-state index contributed by atoms with van der Waals surface area (Å²) in [5, 5.41) is 6.57. The molecule has 0 saturated heterocycles. The lowest BCUT2D eigenvalue weighted by Crippen LogP contribution is -2.13. The Balaban J connectivity index is 1.78. The Morgan fingerprint density at radius 2 is 1.86 bits per heavy atom. The standard InChI is InChI=1S/C20H17F2N3O3/c1-3-28-20(27)16-11-23-25(12(16)2)15-7-4-13(5-8-15)19(26)24-18-9-6-14(21)10-17(18)22/h4-11H,3H2,1-2H3,(H,24,26). The summed E-state index contributed by atoms with van der Waals surface area (Å²) in [5.74, 6) is -2.58. The maximum absolute atomic E-state index is 13.7. The monoisotopic (exact) mass is 385 g/mol. The lowest BCUT2D eigenvalue weighted by atomic mass is 10.1. The molecule has 0 aliphatic heterocycles. The number of hydrogen-bond acceptors (Lipinski definition) is 4. The van der Waals surface area contributed by atoms with Gasteiger partial charge in [0.15, 0.2) is 0 Å². The van der Waals surface area contributed by atoms with Crippen molar-refractivity contribution in [1.29, 1.82) is 0 Å². The van der Waals surface area contributed by atoms with Crippen LogP contribution in [-0.4, -0.2) is 28.3 Å². The number of carbonyl (C=O) groups excluding carboxylic acids is 2. The Bertz CT molecular complexity index is 1030. The van der Waals surface area contributed by atoms with Crippen molar-refractivity contribution < 1.29 is 23.1 Å². The van der Waals surface area contributed by atoms with Gasteiger partial charge in [0.2, 0.25) is 0 Å². The molecule has 0 spiro atoms. The SMILES string of the molecule is CCOC(=O)c1cnn(-c2ccc(C(=O)Nc3ccc(F)cc3F)cc2)c1C. The molecule has 0 bridgehead atoms. The first-order chi connectivity index (χ1) is 13.4. The van der Waals surface area contributed by atoms with Crippen molar-refractivity contribution >= 4 is 17.6 Å². The van der Waals surface area contributed by atoms with Gasteiger partial charge < -0.3 is 10.1 Å². The second kappa shape index (κ2) is 7.99. The molecule has 1 amide bonds. The summed E-state index contributed by atoms with van der Waals surface area (Å²) in [7, 11) is 0. The molecule has 1 N–H and O–H groups in total. The molecule has 144 valence electrons. The maximum Gasteiger partial charge on any atom is 0.341 e. The average Bonchev–Trinajstić information content (AvgIpc) is 3.06. The molecule has 2 aromatic carbocycles. The highest BCUT2D eigenvalue weighted by Gasteiger charge is 2.16. The molecular weight excluding hydrogens is 368 g/mol. The topological polar surface area (TPSA) is 73.2 Å². The van der Waals surface area contributed by atoms with Crippen molar-refractivity contribution in [2.75, 3.05) is 11.9 Å². The molecule has 1 aromatic heterocycles. The summed E-state index contributed by atoms with van der Waals surface area (Å²) in [6, 6.07) is 9.27. The molecule has 28 heavy (non-hydrogen) atoms. The van der Waals surface area contributed by atoms with Gasteiger partial charge in [-0.05, 0) is 50.2 Å². The van der Waals surface area contributed by atoms with E-state index in [9.17, 15) is 18.4 Å². The largest absolute Gasteiger partial charge is 0.462 e. The first kappa shape index (κ1) is 19.2. The fraction of sp³-hybridized carbons (Fsp3) is 0.150. The van der Waals surface area contributed by atoms with Gasteiger partial charge in [-0.25, -0.2) is 18.3 Å². The van der Waals surface area contributed by atoms with E-state index in [1.54, 1.807) is 30.7 Å². The van der Waals surface area contributed by atoms with Crippen molar-refractivity contribution in [3.63, 3.8) is 0 Å². The molecule has 0 fully saturated rings. The second-order valence-electron chi connectivity index (χ2n) is 5.90. The summed E-state index contributed by atoms with van der Waals surface area (Å²) >= 11 is 0. The number of amides is 1. The lowest BCUT2D eigenvalue weighted by Gasteiger charge is -2.09. The Kier molecular flexibility index (Phi) is 5.49. The first-order valence-electron chi connectivity index (χ1n) is 8.49. The van der Waals surface area contributed by atoms with Gasteiger partial charge in [0.1, 0.15) is 17.2 Å². The Hall–Kier alpha value is -3.55. The van der Waals surface area contributed by atoms with E-state index in [0.717, 1.165) is 12.1 Å². The van der Waals surface area contributed by atoms with E-state index in [0.29, 0.717) is 23.0 Å². The minimum absolute atomic E-state index is 0.113. The summed E-state index contributed by atoms with van der Waals surface area (Å²) < 4.78 is 33.2. The predicted octanol–water partition coefficient (Wildman–Crippen LogP) is 3.89. The van der Waals surface area contributed by atoms with Gasteiger partial charge >= 0.3 is 5.97 Å². The Morgan fingerprint density at radius 1 is 1.14 bits per heavy atom. The number of carbonyl (C=O) groups is 2. The quantitative estimate of drug-likeness (QED) is 0.677. The molecule has 0 aliphatic rings. The number of halogens is 2. The fourth-order valence-corrected chi connectivity index (χ4v) is 2.62. The number of rotatable bonds is 5. The normalized spacial score (nSPS) is 10.6. The van der Waals surface area contributed by atoms with E-state index in [4.69, 9.17) is 4.74 Å². The third-order valence-corrected chi connectivity index (χ3v) is 4.06. The third-order valence-electron chi connectivity index (χ3n) is 4.06. The van der Waals surface area contributed by atoms with Crippen LogP contribution >= 0.6 is 0 Å². The van der Waals surface area contributed by atoms with Crippen LogP contribution in [0.1, 0.15) is 33.3 Å². The highest BCUT2D eigenvalue weighted by atomic mass is 19.1. The van der Waals surface area contributed by atoms with Gasteiger partial charge in [0.05, 0.1) is 29.9 Å². The third kappa shape index (κ3) is 3.90. The van der Waals surface area contributed by atoms with Crippen LogP contribution in [0.3, 0.4) is 0 Å². The number of benzene rings is 2. The van der Waals surface area contributed by atoms with Crippen LogP contribution < -0.4 is 5.32 Å². The summed E-state index contributed by atoms with van der Waals surface area (Å²) in [5.41, 5.74) is 1.76. The van der Waals surface area contributed by atoms with Crippen LogP contribution in [0.2, 0.25) is 0 Å². The van der Waals surface area contributed by atoms with Crippen molar-refractivity contribution in [3.8, 4) is 5.69 Å². The van der Waals surface area contributed by atoms with Gasteiger partial charge in [0, 0.05) is 11.6 Å². The average molecular weight is 385 g/mol. The van der Waals surface area contributed by atoms with Crippen molar-refractivity contribution in [1.82, 2.24) is 9.78 Å². The summed E-state index contributed by atoms with van der Waals surface area (Å²) in [4.78, 5) is 24.2. The van der Waals surface area contributed by atoms with E-state index < -0.39 is 23.5 Å². The molecule has 0 atom stereocenters. The molecule has 0 unspecified atom stereocenters. The number of nitrogens with zero attached hydrogens (tertiary/aromatic N) is 2. The molecule has 3 aromatic rings. The summed E-state index contributed by atoms with van der Waals surface area (Å²) in [6.45, 7) is 3.72. The van der Waals surface area contributed by atoms with Crippen LogP contribution in [0.25, 0.3) is 5.69 Å². The smallest absolute Gasteiger partial charge is 0.341 e. The molecule has 1 heterocycles. The number of ether oxygens (including phenoxy) is 1. The van der Waals surface area contributed by atoms with Crippen LogP contribution in [0.15, 0.2) is 48.7 Å². The number of hydrogen-bond donors (Lipinski definition) is 1. The van der Waals surface area contributed by atoms with Crippen molar-refractivity contribution in [2.24, 2.45) is 0 Å². The molecule has 6 nitrogen and oxygen atoms in total. The number of esters is 1. The van der Waals surface area contributed by atoms with Crippen LogP contribution in [0.5, 0.6) is 0 Å². The second-order valence-corrected chi connectivity index (χ2v) is 5.90. The molecule has 8 heteroatoms. The zero-order valence-corrected chi connectivity index (χ0v) is 15.2. The number of anilines is 1. The summed E-state index contributed by atoms with van der Waals surface area (Å²) in [6.07, 6.45) is 1.42. The van der Waals surface area contributed by atoms with Crippen LogP contribution in [0.4, 0.5) is 14.5 Å². The molecule has 3 rings (SSSR count). The predicted molar refractivity (Wildman–Crippen MR) is 98.6 cm³/mol. The Morgan fingerprint density at radius 3 is 2.50 bits per heavy atom. The lowest BCUT2D eigenvalue weighted by molar-refractivity contribution is 0.0525. The molecule has 0 radical (unpaired) electrons. The van der Waals surface area contributed by atoms with E-state index in [2.05, 4.69) is 10.4 Å². The van der Waals surface area contributed by atoms with Crippen molar-refractivity contribution in [2.45, 2.75) is 13.8 Å². The van der Waals surface area contributed by atoms with Crippen LogP contribution in [-0.2, 0) is 4.74 Å². The fourth-order valence-electron chi connectivity index (χ4n) is 2.62. The Labute approximate surface area is 159 Å². The zero-order valence-electron chi connectivity index (χ0n) is 15.2. The van der Waals surface area contributed by atoms with Crippen molar-refractivity contribution in [3.05, 3.63) is 77.1 Å². The molecular formula is C20H17F2N3O3. The van der Waals surface area contributed by atoms with E-state index in [1.165, 1.54) is 18.3 Å². The van der Waals surface area contributed by atoms with Gasteiger partial charge in [0.25, 0.3) is 5.91 Å². The van der Waals surface area contributed by atoms with Crippen LogP contribution in [0, 0.1) is 18.6 Å². The van der Waals surface area contributed by atoms with Gasteiger partial charge in [-0.3, -0.25) is 4.79 Å². The zero-order chi connectivity index (χ0) is 20.3. The van der Waals surface area contributed by atoms with E-state index in [1.807, 2.05) is 0 Å². The molecule has 0 saturated carbocycles. The van der Waals surface area contributed by atoms with Gasteiger partial charge in [-0.2, -0.15) is 5.10 Å². The number of aromatic nitrogens is 2. The van der Waals surface area contributed by atoms with E-state index in [-0.39, 0.29) is 17.9 Å². The maximum atomic E-state index is 13.7. The van der Waals surface area contributed by atoms with E-state index >= 15 is 0 Å². The highest BCUT2D eigenvalue weighted by molar-refractivity contribution is 6.04. The minimum Gasteiger partial charge on any atom is -0.462 e. The number of nitrogens with one attached hydrogen (secondary N) is 1. The van der Waals surface area contributed by atoms with Gasteiger partial charge in [-0.15, -0.1) is 0 Å². The van der Waals surface area contributed by atoms with Gasteiger partial charge in [-0.1, -0.05) is 0 Å². The first-order valence-corrected chi connectivity index (χ1v) is 8.49.